The van der Waals surface area contributed by atoms with Crippen LogP contribution in [0.4, 0.5) is 24.5 Å². The van der Waals surface area contributed by atoms with Gasteiger partial charge in [0.25, 0.3) is 5.69 Å². The maximum Gasteiger partial charge on any atom is 0.416 e. The van der Waals surface area contributed by atoms with Crippen LogP contribution < -0.4 is 10.1 Å². The molecule has 2 N–H and O–H groups in total. The van der Waals surface area contributed by atoms with Gasteiger partial charge in [0.15, 0.2) is 6.10 Å². The Balaban J connectivity index is 2.83. The van der Waals surface area contributed by atoms with Crippen molar-refractivity contribution in [3.8, 4) is 5.75 Å². The van der Waals surface area contributed by atoms with Gasteiger partial charge >= 0.3 is 6.18 Å². The second kappa shape index (κ2) is 5.74. The Morgan fingerprint density at radius 1 is 1.47 bits per heavy atom. The van der Waals surface area contributed by atoms with Crippen LogP contribution in [0.1, 0.15) is 0 Å². The molecule has 1 atom stereocenters. The van der Waals surface area contributed by atoms with E-state index in [1.807, 2.05) is 0 Å². The van der Waals surface area contributed by atoms with Crippen molar-refractivity contribution in [3.05, 3.63) is 28.3 Å². The first-order chi connectivity index (χ1) is 8.74. The second-order valence-electron chi connectivity index (χ2n) is 3.62. The molecule has 1 aromatic carbocycles. The number of aliphatic hydroxyl groups excluding tert-OH is 1. The molecule has 1 rings (SSSR count). The van der Waals surface area contributed by atoms with Crippen molar-refractivity contribution >= 4 is 11.4 Å². The van der Waals surface area contributed by atoms with Gasteiger partial charge in [-0.15, -0.1) is 0 Å². The average molecular weight is 280 g/mol. The summed E-state index contributed by atoms with van der Waals surface area (Å²) in [6, 6.07) is 3.47. The van der Waals surface area contributed by atoms with Gasteiger partial charge in [-0.1, -0.05) is 0 Å². The van der Waals surface area contributed by atoms with E-state index >= 15 is 0 Å². The number of hydrogen-bond acceptors (Lipinski definition) is 5. The predicted molar refractivity (Wildman–Crippen MR) is 60.2 cm³/mol. The number of nitro benzene ring substituents is 1. The number of aliphatic hydroxyl groups is 1. The molecule has 106 valence electrons. The first-order valence-electron chi connectivity index (χ1n) is 5.06. The topological polar surface area (TPSA) is 84.6 Å². The molecule has 0 bridgehead atoms. The van der Waals surface area contributed by atoms with E-state index in [0.717, 1.165) is 12.1 Å². The zero-order valence-electron chi connectivity index (χ0n) is 9.77. The number of nitrogens with zero attached hydrogens (tertiary/aromatic N) is 1. The smallest absolute Gasteiger partial charge is 0.416 e. The number of anilines is 1. The van der Waals surface area contributed by atoms with Gasteiger partial charge in [0, 0.05) is 24.4 Å². The molecule has 0 fully saturated rings. The number of non-ortho nitro benzene ring substituents is 1. The minimum atomic E-state index is -4.75. The van der Waals surface area contributed by atoms with Crippen molar-refractivity contribution < 1.29 is 27.9 Å². The van der Waals surface area contributed by atoms with E-state index in [1.165, 1.54) is 13.2 Å². The van der Waals surface area contributed by atoms with E-state index in [9.17, 15) is 23.3 Å². The van der Waals surface area contributed by atoms with Crippen molar-refractivity contribution in [1.82, 2.24) is 0 Å². The Labute approximate surface area is 105 Å². The minimum Gasteiger partial charge on any atom is -0.496 e. The summed E-state index contributed by atoms with van der Waals surface area (Å²) >= 11 is 0. The first-order valence-corrected chi connectivity index (χ1v) is 5.06. The van der Waals surface area contributed by atoms with Crippen molar-refractivity contribution in [3.63, 3.8) is 0 Å². The largest absolute Gasteiger partial charge is 0.496 e. The number of rotatable bonds is 5. The van der Waals surface area contributed by atoms with Crippen LogP contribution in [-0.4, -0.2) is 36.0 Å². The Bertz CT molecular complexity index is 465. The van der Waals surface area contributed by atoms with Crippen LogP contribution in [0.15, 0.2) is 18.2 Å². The fourth-order valence-electron chi connectivity index (χ4n) is 1.24. The summed E-state index contributed by atoms with van der Waals surface area (Å²) in [6.45, 7) is -0.812. The number of alkyl halides is 3. The standard InChI is InChI=1S/C10H11F3N2O4/c1-19-8-3-6(2-7(4-8)15(17)18)14-5-9(16)10(11,12)13/h2-4,9,14,16H,5H2,1H3. The highest BCUT2D eigenvalue weighted by atomic mass is 19.4. The van der Waals surface area contributed by atoms with E-state index in [0.29, 0.717) is 0 Å². The third-order valence-electron chi connectivity index (χ3n) is 2.22. The lowest BCUT2D eigenvalue weighted by Crippen LogP contribution is -2.35. The lowest BCUT2D eigenvalue weighted by molar-refractivity contribution is -0.384. The van der Waals surface area contributed by atoms with Gasteiger partial charge in [0.2, 0.25) is 0 Å². The van der Waals surface area contributed by atoms with Crippen molar-refractivity contribution in [2.75, 3.05) is 19.0 Å². The van der Waals surface area contributed by atoms with Gasteiger partial charge in [-0.25, -0.2) is 0 Å². The summed E-state index contributed by atoms with van der Waals surface area (Å²) in [7, 11) is 1.27. The van der Waals surface area contributed by atoms with Crippen molar-refractivity contribution in [2.24, 2.45) is 0 Å². The Kier molecular flexibility index (Phi) is 4.54. The van der Waals surface area contributed by atoms with Crippen LogP contribution in [0.2, 0.25) is 0 Å². The number of nitro groups is 1. The molecule has 0 amide bonds. The van der Waals surface area contributed by atoms with Gasteiger partial charge in [0.1, 0.15) is 5.75 Å². The molecule has 0 saturated heterocycles. The summed E-state index contributed by atoms with van der Waals surface area (Å²) in [6.07, 6.45) is -7.31. The lowest BCUT2D eigenvalue weighted by Gasteiger charge is -2.16. The number of halogens is 3. The molecule has 1 unspecified atom stereocenters. The fraction of sp³-hybridized carbons (Fsp3) is 0.400. The molecule has 0 saturated carbocycles. The molecule has 0 aliphatic carbocycles. The minimum absolute atomic E-state index is 0.0503. The van der Waals surface area contributed by atoms with Crippen LogP contribution in [0.3, 0.4) is 0 Å². The highest BCUT2D eigenvalue weighted by molar-refractivity contribution is 5.56. The quantitative estimate of drug-likeness (QED) is 0.636. The third-order valence-corrected chi connectivity index (χ3v) is 2.22. The normalized spacial score (nSPS) is 12.9. The van der Waals surface area contributed by atoms with Gasteiger partial charge in [-0.2, -0.15) is 13.2 Å². The first kappa shape index (κ1) is 15.0. The molecule has 9 heteroatoms. The SMILES string of the molecule is COc1cc(NCC(O)C(F)(F)F)cc([N+](=O)[O-])c1. The van der Waals surface area contributed by atoms with Crippen LogP contribution >= 0.6 is 0 Å². The van der Waals surface area contributed by atoms with Crippen LogP contribution in [0.5, 0.6) is 5.75 Å². The average Bonchev–Trinajstić information content (AvgIpc) is 2.34. The lowest BCUT2D eigenvalue weighted by atomic mass is 10.2. The van der Waals surface area contributed by atoms with Crippen LogP contribution in [0, 0.1) is 10.1 Å². The van der Waals surface area contributed by atoms with Crippen molar-refractivity contribution in [1.29, 1.82) is 0 Å². The zero-order chi connectivity index (χ0) is 14.6. The zero-order valence-corrected chi connectivity index (χ0v) is 9.77. The molecule has 0 aromatic heterocycles. The summed E-state index contributed by atoms with van der Waals surface area (Å²) in [5.41, 5.74) is -0.280. The molecule has 0 spiro atoms. The number of ether oxygens (including phenoxy) is 1. The molecule has 0 aliphatic rings. The Hall–Kier alpha value is -2.03. The highest BCUT2D eigenvalue weighted by Crippen LogP contribution is 2.26. The molecular weight excluding hydrogens is 269 g/mol. The van der Waals surface area contributed by atoms with Gasteiger partial charge in [-0.05, 0) is 0 Å². The molecule has 1 aromatic rings. The number of hydrogen-bond donors (Lipinski definition) is 2. The van der Waals surface area contributed by atoms with E-state index in [4.69, 9.17) is 9.84 Å². The predicted octanol–water partition coefficient (Wildman–Crippen LogP) is 1.94. The summed E-state index contributed by atoms with van der Waals surface area (Å²) in [5, 5.41) is 21.7. The number of methoxy groups -OCH3 is 1. The summed E-state index contributed by atoms with van der Waals surface area (Å²) in [4.78, 5) is 9.91. The highest BCUT2D eigenvalue weighted by Gasteiger charge is 2.37. The van der Waals surface area contributed by atoms with E-state index in [1.54, 1.807) is 0 Å². The van der Waals surface area contributed by atoms with E-state index in [2.05, 4.69) is 5.32 Å². The van der Waals surface area contributed by atoms with E-state index < -0.39 is 23.7 Å². The summed E-state index contributed by atoms with van der Waals surface area (Å²) < 4.78 is 41.0. The van der Waals surface area contributed by atoms with Crippen LogP contribution in [-0.2, 0) is 0 Å². The van der Waals surface area contributed by atoms with Crippen LogP contribution in [0.25, 0.3) is 0 Å². The molecule has 6 nitrogen and oxygen atoms in total. The molecule has 0 aliphatic heterocycles. The maximum atomic E-state index is 12.1. The number of nitrogens with one attached hydrogen (secondary N) is 1. The van der Waals surface area contributed by atoms with Gasteiger partial charge < -0.3 is 15.2 Å². The Morgan fingerprint density at radius 3 is 2.58 bits per heavy atom. The molecular formula is C10H11F3N2O4. The molecule has 19 heavy (non-hydrogen) atoms. The maximum absolute atomic E-state index is 12.1. The van der Waals surface area contributed by atoms with Gasteiger partial charge in [0.05, 0.1) is 18.1 Å². The summed E-state index contributed by atoms with van der Waals surface area (Å²) in [5.74, 6) is 0.123. The van der Waals surface area contributed by atoms with E-state index in [-0.39, 0.29) is 17.1 Å². The number of benzene rings is 1. The second-order valence-corrected chi connectivity index (χ2v) is 3.62. The monoisotopic (exact) mass is 280 g/mol. The fourth-order valence-corrected chi connectivity index (χ4v) is 1.24. The van der Waals surface area contributed by atoms with Gasteiger partial charge in [-0.3, -0.25) is 10.1 Å². The van der Waals surface area contributed by atoms with Crippen molar-refractivity contribution in [2.45, 2.75) is 12.3 Å². The molecule has 0 heterocycles. The third kappa shape index (κ3) is 4.28. The Morgan fingerprint density at radius 2 is 2.11 bits per heavy atom. The molecule has 0 radical (unpaired) electrons.